The van der Waals surface area contributed by atoms with E-state index < -0.39 is 29.0 Å². The lowest BCUT2D eigenvalue weighted by Gasteiger charge is -2.35. The number of hydrogen-bond acceptors (Lipinski definition) is 5. The molecule has 1 atom stereocenters. The Hall–Kier alpha value is -4.71. The summed E-state index contributed by atoms with van der Waals surface area (Å²) >= 11 is 0. The maximum absolute atomic E-state index is 14.6. The van der Waals surface area contributed by atoms with Crippen LogP contribution >= 0.6 is 0 Å². The first-order valence-corrected chi connectivity index (χ1v) is 13.5. The highest BCUT2D eigenvalue weighted by Gasteiger charge is 2.45. The molecule has 6 heteroatoms. The molecule has 1 N–H and O–H groups in total. The van der Waals surface area contributed by atoms with Crippen LogP contribution in [0.25, 0.3) is 0 Å². The predicted octanol–water partition coefficient (Wildman–Crippen LogP) is 5.88. The molecule has 0 aliphatic rings. The lowest BCUT2D eigenvalue weighted by Crippen LogP contribution is -2.52. The van der Waals surface area contributed by atoms with Crippen molar-refractivity contribution in [1.82, 2.24) is 5.32 Å². The number of hydrogen-bond donors (Lipinski definition) is 1. The molecule has 0 radical (unpaired) electrons. The highest BCUT2D eigenvalue weighted by molar-refractivity contribution is 5.98. The molecule has 6 nitrogen and oxygen atoms in total. The molecule has 0 aromatic heterocycles. The van der Waals surface area contributed by atoms with Crippen LogP contribution in [0.3, 0.4) is 0 Å². The van der Waals surface area contributed by atoms with Crippen LogP contribution in [0, 0.1) is 0 Å². The Balaban J connectivity index is 1.72. The van der Waals surface area contributed by atoms with E-state index >= 15 is 0 Å². The topological polar surface area (TPSA) is 81.7 Å². The van der Waals surface area contributed by atoms with Crippen LogP contribution in [-0.2, 0) is 30.9 Å². The number of rotatable bonds is 9. The minimum Gasteiger partial charge on any atom is -0.467 e. The van der Waals surface area contributed by atoms with Gasteiger partial charge >= 0.3 is 11.9 Å². The van der Waals surface area contributed by atoms with E-state index in [-0.39, 0.29) is 12.3 Å². The second-order valence-electron chi connectivity index (χ2n) is 10.8. The molecule has 0 aliphatic heterocycles. The fourth-order valence-corrected chi connectivity index (χ4v) is 4.91. The van der Waals surface area contributed by atoms with Gasteiger partial charge in [-0.1, -0.05) is 103 Å². The Kier molecular flexibility index (Phi) is 9.03. The number of esters is 2. The molecule has 4 aromatic rings. The first-order chi connectivity index (χ1) is 19.6. The summed E-state index contributed by atoms with van der Waals surface area (Å²) in [5.41, 5.74) is 1.59. The van der Waals surface area contributed by atoms with Crippen molar-refractivity contribution in [3.8, 4) is 0 Å². The van der Waals surface area contributed by atoms with Crippen LogP contribution in [-0.4, -0.2) is 36.6 Å². The quantitative estimate of drug-likeness (QED) is 0.208. The summed E-state index contributed by atoms with van der Waals surface area (Å²) < 4.78 is 10.6. The van der Waals surface area contributed by atoms with Crippen molar-refractivity contribution in [2.45, 2.75) is 44.2 Å². The monoisotopic (exact) mass is 549 g/mol. The van der Waals surface area contributed by atoms with Gasteiger partial charge in [-0.25, -0.2) is 9.59 Å². The van der Waals surface area contributed by atoms with Crippen LogP contribution < -0.4 is 5.32 Å². The van der Waals surface area contributed by atoms with Gasteiger partial charge in [0.2, 0.25) is 5.91 Å². The summed E-state index contributed by atoms with van der Waals surface area (Å²) in [6, 6.07) is 34.4. The number of carbonyl (C=O) groups excluding carboxylic acids is 3. The van der Waals surface area contributed by atoms with Gasteiger partial charge in [0.1, 0.15) is 17.1 Å². The van der Waals surface area contributed by atoms with Crippen LogP contribution in [0.1, 0.15) is 53.4 Å². The van der Waals surface area contributed by atoms with Crippen LogP contribution in [0.2, 0.25) is 0 Å². The summed E-state index contributed by atoms with van der Waals surface area (Å²) in [7, 11) is 1.30. The summed E-state index contributed by atoms with van der Waals surface area (Å²) in [6.45, 7) is 5.43. The molecule has 4 aromatic carbocycles. The van der Waals surface area contributed by atoms with Crippen LogP contribution in [0.5, 0.6) is 0 Å². The Bertz CT molecular complexity index is 1360. The molecule has 1 amide bonds. The zero-order chi connectivity index (χ0) is 29.5. The van der Waals surface area contributed by atoms with E-state index in [0.717, 1.165) is 22.3 Å². The van der Waals surface area contributed by atoms with Crippen LogP contribution in [0.4, 0.5) is 0 Å². The third-order valence-corrected chi connectivity index (χ3v) is 6.78. The highest BCUT2D eigenvalue weighted by Crippen LogP contribution is 2.39. The van der Waals surface area contributed by atoms with E-state index in [0.29, 0.717) is 5.56 Å². The Morgan fingerprint density at radius 1 is 0.683 bits per heavy atom. The standard InChI is InChI=1S/C35H35NO5/c1-34(2,3)41-31(37)26-22-20-25(21-23-26)24-30(32(38)40-4)36-33(39)35(27-14-8-5-9-15-27,28-16-10-6-11-17-28)29-18-12-7-13-19-29/h5-23,30H,24H2,1-4H3,(H,36,39)/t30-/m1/s1. The van der Waals surface area contributed by atoms with Gasteiger partial charge in [-0.2, -0.15) is 0 Å². The molecule has 0 heterocycles. The first-order valence-electron chi connectivity index (χ1n) is 13.5. The number of carbonyl (C=O) groups is 3. The van der Waals surface area contributed by atoms with Crippen LogP contribution in [0.15, 0.2) is 115 Å². The van der Waals surface area contributed by atoms with Gasteiger partial charge in [-0.15, -0.1) is 0 Å². The highest BCUT2D eigenvalue weighted by atomic mass is 16.6. The Morgan fingerprint density at radius 3 is 1.51 bits per heavy atom. The molecule has 4 rings (SSSR count). The molecule has 0 spiro atoms. The van der Waals surface area contributed by atoms with Gasteiger partial charge in [0, 0.05) is 6.42 Å². The van der Waals surface area contributed by atoms with Crippen molar-refractivity contribution in [1.29, 1.82) is 0 Å². The van der Waals surface area contributed by atoms with Crippen molar-refractivity contribution in [2.75, 3.05) is 7.11 Å². The summed E-state index contributed by atoms with van der Waals surface area (Å²) in [5, 5.41) is 3.02. The largest absolute Gasteiger partial charge is 0.467 e. The molecular weight excluding hydrogens is 514 g/mol. The number of benzene rings is 4. The number of methoxy groups -OCH3 is 1. The molecule has 0 saturated carbocycles. The molecule has 0 fully saturated rings. The smallest absolute Gasteiger partial charge is 0.338 e. The van der Waals surface area contributed by atoms with E-state index in [1.54, 1.807) is 24.3 Å². The number of nitrogens with one attached hydrogen (secondary N) is 1. The van der Waals surface area contributed by atoms with Crippen molar-refractivity contribution < 1.29 is 23.9 Å². The van der Waals surface area contributed by atoms with Crippen molar-refractivity contribution in [3.05, 3.63) is 143 Å². The van der Waals surface area contributed by atoms with Gasteiger partial charge in [-0.3, -0.25) is 4.79 Å². The third kappa shape index (κ3) is 6.72. The van der Waals surface area contributed by atoms with Crippen molar-refractivity contribution in [3.63, 3.8) is 0 Å². The van der Waals surface area contributed by atoms with E-state index in [2.05, 4.69) is 5.32 Å². The molecule has 0 saturated heterocycles. The van der Waals surface area contributed by atoms with Gasteiger partial charge in [-0.05, 0) is 55.2 Å². The van der Waals surface area contributed by atoms with Crippen molar-refractivity contribution >= 4 is 17.8 Å². The fourth-order valence-electron chi connectivity index (χ4n) is 4.91. The minimum absolute atomic E-state index is 0.168. The average Bonchev–Trinajstić information content (AvgIpc) is 2.98. The lowest BCUT2D eigenvalue weighted by atomic mass is 9.68. The van der Waals surface area contributed by atoms with Gasteiger partial charge < -0.3 is 14.8 Å². The van der Waals surface area contributed by atoms with Gasteiger partial charge in [0.05, 0.1) is 12.7 Å². The third-order valence-electron chi connectivity index (χ3n) is 6.78. The summed E-state index contributed by atoms with van der Waals surface area (Å²) in [4.78, 5) is 40.0. The SMILES string of the molecule is COC(=O)[C@@H](Cc1ccc(C(=O)OC(C)(C)C)cc1)NC(=O)C(c1ccccc1)(c1ccccc1)c1ccccc1. The number of amides is 1. The maximum atomic E-state index is 14.6. The minimum atomic E-state index is -1.24. The molecule has 0 bridgehead atoms. The normalized spacial score (nSPS) is 12.2. The van der Waals surface area contributed by atoms with Gasteiger partial charge in [0.15, 0.2) is 0 Å². The molecule has 0 aliphatic carbocycles. The maximum Gasteiger partial charge on any atom is 0.338 e. The lowest BCUT2D eigenvalue weighted by molar-refractivity contribution is -0.145. The molecular formula is C35H35NO5. The molecule has 0 unspecified atom stereocenters. The zero-order valence-corrected chi connectivity index (χ0v) is 23.8. The summed E-state index contributed by atoms with van der Waals surface area (Å²) in [6.07, 6.45) is 0.168. The van der Waals surface area contributed by atoms with E-state index in [1.807, 2.05) is 112 Å². The molecule has 41 heavy (non-hydrogen) atoms. The fraction of sp³-hybridized carbons (Fsp3) is 0.229. The molecule has 210 valence electrons. The predicted molar refractivity (Wildman–Crippen MR) is 158 cm³/mol. The Labute approximate surface area is 241 Å². The Morgan fingerprint density at radius 2 is 1.12 bits per heavy atom. The first kappa shape index (κ1) is 29.3. The average molecular weight is 550 g/mol. The van der Waals surface area contributed by atoms with Crippen molar-refractivity contribution in [2.24, 2.45) is 0 Å². The second-order valence-corrected chi connectivity index (χ2v) is 10.8. The van der Waals surface area contributed by atoms with E-state index in [9.17, 15) is 14.4 Å². The van der Waals surface area contributed by atoms with E-state index in [1.165, 1.54) is 7.11 Å². The number of ether oxygens (including phenoxy) is 2. The van der Waals surface area contributed by atoms with E-state index in [4.69, 9.17) is 9.47 Å². The zero-order valence-electron chi connectivity index (χ0n) is 23.8. The second kappa shape index (κ2) is 12.6. The summed E-state index contributed by atoms with van der Waals surface area (Å²) in [5.74, 6) is -1.36. The van der Waals surface area contributed by atoms with Gasteiger partial charge in [0.25, 0.3) is 0 Å².